The minimum atomic E-state index is -0.792. The van der Waals surface area contributed by atoms with Crippen molar-refractivity contribution in [3.05, 3.63) is 65.7 Å². The molecule has 2 heterocycles. The predicted molar refractivity (Wildman–Crippen MR) is 123 cm³/mol. The number of aliphatic carboxylic acids is 1. The Kier molecular flexibility index (Phi) is 6.58. The maximum atomic E-state index is 11.1. The third kappa shape index (κ3) is 5.14. The molecule has 33 heavy (non-hydrogen) atoms. The molecule has 1 unspecified atom stereocenters. The molecule has 0 spiro atoms. The quantitative estimate of drug-likeness (QED) is 0.400. The number of H-pyrrole nitrogens is 1. The molecule has 0 amide bonds. The third-order valence-electron chi connectivity index (χ3n) is 5.61. The Bertz CT molecular complexity index is 1210. The summed E-state index contributed by atoms with van der Waals surface area (Å²) in [5.74, 6) is 1.23. The van der Waals surface area contributed by atoms with Crippen LogP contribution in [-0.4, -0.2) is 46.5 Å². The Morgan fingerprint density at radius 3 is 2.42 bits per heavy atom. The maximum Gasteiger partial charge on any atom is 0.306 e. The lowest BCUT2D eigenvalue weighted by molar-refractivity contribution is -0.141. The first-order valence-corrected chi connectivity index (χ1v) is 11.0. The number of rotatable bonds is 9. The molecule has 2 N–H and O–H groups in total. The number of benzene rings is 2. The van der Waals surface area contributed by atoms with Crippen LogP contribution in [0.4, 0.5) is 0 Å². The van der Waals surface area contributed by atoms with Gasteiger partial charge in [0.2, 0.25) is 0 Å². The van der Waals surface area contributed by atoms with Crippen LogP contribution >= 0.6 is 0 Å². The van der Waals surface area contributed by atoms with Gasteiger partial charge in [0.1, 0.15) is 5.82 Å². The summed E-state index contributed by atoms with van der Waals surface area (Å²) in [6, 6.07) is 16.3. The molecule has 0 fully saturated rings. The zero-order chi connectivity index (χ0) is 23.4. The number of aromatic amines is 1. The largest absolute Gasteiger partial charge is 0.481 e. The van der Waals surface area contributed by atoms with Crippen molar-refractivity contribution < 1.29 is 9.90 Å². The monoisotopic (exact) mass is 445 g/mol. The average Bonchev–Trinajstić information content (AvgIpc) is 3.48. The van der Waals surface area contributed by atoms with Gasteiger partial charge in [-0.3, -0.25) is 4.79 Å². The van der Waals surface area contributed by atoms with Crippen molar-refractivity contribution in [2.45, 2.75) is 46.1 Å². The summed E-state index contributed by atoms with van der Waals surface area (Å²) in [4.78, 5) is 15.8. The molecule has 0 aliphatic heterocycles. The van der Waals surface area contributed by atoms with E-state index in [1.54, 1.807) is 6.92 Å². The van der Waals surface area contributed by atoms with Gasteiger partial charge in [0, 0.05) is 17.9 Å². The van der Waals surface area contributed by atoms with Crippen LogP contribution in [0.2, 0.25) is 0 Å². The van der Waals surface area contributed by atoms with Gasteiger partial charge in [0.15, 0.2) is 11.6 Å². The van der Waals surface area contributed by atoms with Crippen LogP contribution in [0.25, 0.3) is 22.5 Å². The molecule has 9 nitrogen and oxygen atoms in total. The summed E-state index contributed by atoms with van der Waals surface area (Å²) in [5.41, 5.74) is 4.15. The van der Waals surface area contributed by atoms with E-state index in [0.29, 0.717) is 31.0 Å². The molecule has 0 bridgehead atoms. The highest BCUT2D eigenvalue weighted by Gasteiger charge is 2.17. The van der Waals surface area contributed by atoms with Crippen molar-refractivity contribution in [2.75, 3.05) is 0 Å². The second kappa shape index (κ2) is 9.72. The first-order chi connectivity index (χ1) is 15.9. The van der Waals surface area contributed by atoms with Gasteiger partial charge in [0.05, 0.1) is 12.5 Å². The van der Waals surface area contributed by atoms with Gasteiger partial charge in [-0.15, -0.1) is 5.10 Å². The zero-order valence-electron chi connectivity index (χ0n) is 18.9. The lowest BCUT2D eigenvalue weighted by Crippen LogP contribution is -2.11. The molecule has 0 aliphatic carbocycles. The topological polar surface area (TPSA) is 122 Å². The minimum absolute atomic E-state index is 0.213. The van der Waals surface area contributed by atoms with Gasteiger partial charge in [-0.05, 0) is 33.5 Å². The highest BCUT2D eigenvalue weighted by atomic mass is 16.4. The molecule has 0 saturated carbocycles. The molecular weight excluding hydrogens is 418 g/mol. The van der Waals surface area contributed by atoms with E-state index in [0.717, 1.165) is 28.1 Å². The SMILES string of the molecule is CC(CCc1nc(C(C)C)n(Cc2ccc(-c3ccccc3-c3nnn[nH]3)cc2)n1)C(=O)O. The number of carboxylic acids is 1. The van der Waals surface area contributed by atoms with Crippen LogP contribution in [0.15, 0.2) is 48.5 Å². The lowest BCUT2D eigenvalue weighted by Gasteiger charge is -2.10. The fraction of sp³-hybridized carbons (Fsp3) is 0.333. The van der Waals surface area contributed by atoms with Crippen LogP contribution in [-0.2, 0) is 17.8 Å². The standard InChI is InChI=1S/C24H27N7O2/c1-15(2)23-25-21(13-8-16(3)24(32)33)28-31(23)14-17-9-11-18(12-10-17)19-6-4-5-7-20(19)22-26-29-30-27-22/h4-7,9-12,15-16H,8,13-14H2,1-3H3,(H,32,33)(H,26,27,29,30). The van der Waals surface area contributed by atoms with Crippen molar-refractivity contribution in [3.8, 4) is 22.5 Å². The Balaban J connectivity index is 1.54. The zero-order valence-corrected chi connectivity index (χ0v) is 18.9. The van der Waals surface area contributed by atoms with Crippen LogP contribution in [0.5, 0.6) is 0 Å². The molecule has 0 aliphatic rings. The van der Waals surface area contributed by atoms with Gasteiger partial charge in [-0.2, -0.15) is 5.10 Å². The molecule has 0 saturated heterocycles. The minimum Gasteiger partial charge on any atom is -0.481 e. The summed E-state index contributed by atoms with van der Waals surface area (Å²) in [7, 11) is 0. The second-order valence-electron chi connectivity index (χ2n) is 8.47. The number of nitrogens with zero attached hydrogens (tertiary/aromatic N) is 6. The van der Waals surface area contributed by atoms with Crippen molar-refractivity contribution in [1.29, 1.82) is 0 Å². The molecule has 4 aromatic rings. The summed E-state index contributed by atoms with van der Waals surface area (Å²) < 4.78 is 1.93. The van der Waals surface area contributed by atoms with Crippen molar-refractivity contribution in [1.82, 2.24) is 35.4 Å². The maximum absolute atomic E-state index is 11.1. The summed E-state index contributed by atoms with van der Waals surface area (Å²) in [6.45, 7) is 6.48. The number of hydrogen-bond acceptors (Lipinski definition) is 6. The van der Waals surface area contributed by atoms with Crippen molar-refractivity contribution in [2.24, 2.45) is 5.92 Å². The van der Waals surface area contributed by atoms with E-state index < -0.39 is 11.9 Å². The second-order valence-corrected chi connectivity index (χ2v) is 8.47. The van der Waals surface area contributed by atoms with E-state index in [-0.39, 0.29) is 5.92 Å². The number of carbonyl (C=O) groups is 1. The molecule has 170 valence electrons. The molecule has 0 radical (unpaired) electrons. The van der Waals surface area contributed by atoms with Gasteiger partial charge >= 0.3 is 5.97 Å². The van der Waals surface area contributed by atoms with Gasteiger partial charge in [0.25, 0.3) is 0 Å². The van der Waals surface area contributed by atoms with E-state index in [2.05, 4.69) is 68.8 Å². The third-order valence-corrected chi connectivity index (χ3v) is 5.61. The summed E-state index contributed by atoms with van der Waals surface area (Å²) >= 11 is 0. The van der Waals surface area contributed by atoms with E-state index >= 15 is 0 Å². The van der Waals surface area contributed by atoms with Crippen molar-refractivity contribution in [3.63, 3.8) is 0 Å². The lowest BCUT2D eigenvalue weighted by atomic mass is 9.98. The van der Waals surface area contributed by atoms with Crippen LogP contribution in [0.3, 0.4) is 0 Å². The van der Waals surface area contributed by atoms with Gasteiger partial charge < -0.3 is 5.11 Å². The van der Waals surface area contributed by atoms with E-state index in [1.807, 2.05) is 28.9 Å². The number of tetrazole rings is 1. The Labute approximate surface area is 191 Å². The smallest absolute Gasteiger partial charge is 0.306 e. The van der Waals surface area contributed by atoms with Gasteiger partial charge in [-0.1, -0.05) is 69.3 Å². The predicted octanol–water partition coefficient (Wildman–Crippen LogP) is 3.95. The number of aryl methyl sites for hydroxylation is 1. The van der Waals surface area contributed by atoms with Crippen LogP contribution in [0, 0.1) is 5.92 Å². The van der Waals surface area contributed by atoms with E-state index in [9.17, 15) is 4.79 Å². The summed E-state index contributed by atoms with van der Waals surface area (Å²) in [6.07, 6.45) is 1.07. The molecule has 4 rings (SSSR count). The number of nitrogens with one attached hydrogen (secondary N) is 1. The van der Waals surface area contributed by atoms with Crippen molar-refractivity contribution >= 4 is 5.97 Å². The van der Waals surface area contributed by atoms with Crippen LogP contribution in [0.1, 0.15) is 50.3 Å². The van der Waals surface area contributed by atoms with Gasteiger partial charge in [-0.25, -0.2) is 14.8 Å². The highest BCUT2D eigenvalue weighted by Crippen LogP contribution is 2.30. The first-order valence-electron chi connectivity index (χ1n) is 11.0. The number of aromatic nitrogens is 7. The van der Waals surface area contributed by atoms with Crippen LogP contribution < -0.4 is 0 Å². The molecule has 9 heteroatoms. The molecule has 2 aromatic carbocycles. The number of carboxylic acid groups (broad SMARTS) is 1. The van der Waals surface area contributed by atoms with E-state index in [1.165, 1.54) is 0 Å². The Morgan fingerprint density at radius 2 is 1.79 bits per heavy atom. The molecular formula is C24H27N7O2. The Hall–Kier alpha value is -3.88. The Morgan fingerprint density at radius 1 is 1.06 bits per heavy atom. The normalized spacial score (nSPS) is 12.2. The highest BCUT2D eigenvalue weighted by molar-refractivity contribution is 5.80. The fourth-order valence-electron chi connectivity index (χ4n) is 3.70. The number of hydrogen-bond donors (Lipinski definition) is 2. The fourth-order valence-corrected chi connectivity index (χ4v) is 3.70. The average molecular weight is 446 g/mol. The summed E-state index contributed by atoms with van der Waals surface area (Å²) in [5, 5.41) is 28.0. The molecule has 1 atom stereocenters. The molecule has 2 aromatic heterocycles. The first kappa shape index (κ1) is 22.3. The van der Waals surface area contributed by atoms with E-state index in [4.69, 9.17) is 5.11 Å².